The van der Waals surface area contributed by atoms with E-state index in [9.17, 15) is 9.90 Å². The fourth-order valence-corrected chi connectivity index (χ4v) is 7.30. The number of ether oxygens (including phenoxy) is 1. The van der Waals surface area contributed by atoms with Gasteiger partial charge in [0.1, 0.15) is 10.6 Å². The molecular formula is C25H30N4O3S. The fourth-order valence-electron chi connectivity index (χ4n) is 6.08. The number of nitrogens with zero attached hydrogens (tertiary/aromatic N) is 3. The summed E-state index contributed by atoms with van der Waals surface area (Å²) >= 11 is 1.56. The van der Waals surface area contributed by atoms with Gasteiger partial charge in [0, 0.05) is 25.7 Å². The van der Waals surface area contributed by atoms with Crippen molar-refractivity contribution in [3.63, 3.8) is 0 Å². The third-order valence-corrected chi connectivity index (χ3v) is 9.31. The van der Waals surface area contributed by atoms with Crippen molar-refractivity contribution >= 4 is 39.0 Å². The van der Waals surface area contributed by atoms with Crippen molar-refractivity contribution in [3.05, 3.63) is 30.1 Å². The molecule has 3 aromatic rings. The molecule has 3 N–H and O–H groups in total. The van der Waals surface area contributed by atoms with Gasteiger partial charge in [0.25, 0.3) is 0 Å². The maximum Gasteiger partial charge on any atom is 0.343 e. The Labute approximate surface area is 197 Å². The van der Waals surface area contributed by atoms with E-state index >= 15 is 0 Å². The smallest absolute Gasteiger partial charge is 0.343 e. The molecule has 2 saturated carbocycles. The summed E-state index contributed by atoms with van der Waals surface area (Å²) in [4.78, 5) is 20.5. The van der Waals surface area contributed by atoms with Gasteiger partial charge in [-0.1, -0.05) is 25.3 Å². The minimum Gasteiger partial charge on any atom is -0.465 e. The summed E-state index contributed by atoms with van der Waals surface area (Å²) in [5.74, 6) is 1.02. The van der Waals surface area contributed by atoms with Gasteiger partial charge >= 0.3 is 5.97 Å². The van der Waals surface area contributed by atoms with Crippen molar-refractivity contribution in [2.24, 2.45) is 17.8 Å². The number of carbonyl (C=O) groups excluding carboxylic acids is 1. The molecular weight excluding hydrogens is 436 g/mol. The molecule has 7 nitrogen and oxygen atoms in total. The summed E-state index contributed by atoms with van der Waals surface area (Å²) in [7, 11) is 1.40. The minimum atomic E-state index is -0.396. The van der Waals surface area contributed by atoms with Gasteiger partial charge in [0.05, 0.1) is 35.0 Å². The van der Waals surface area contributed by atoms with E-state index in [2.05, 4.69) is 27.7 Å². The standard InChI is InChI=1S/C25H30N4O3S/c1-32-25(31)21-22(26)23(33-24(21)28-10-16-17(11-28)18(16)12-30)14-7-8-20-19(9-14)27-13-29(20)15-5-3-2-4-6-15/h7-9,13,15-18,30H,2-6,10-12,26H2,1H3/t16-,17+,18-. The van der Waals surface area contributed by atoms with Crippen LogP contribution in [0.3, 0.4) is 0 Å². The number of methoxy groups -OCH3 is 1. The zero-order valence-corrected chi connectivity index (χ0v) is 19.7. The van der Waals surface area contributed by atoms with E-state index in [0.717, 1.165) is 39.6 Å². The molecule has 33 heavy (non-hydrogen) atoms. The van der Waals surface area contributed by atoms with Crippen LogP contribution in [-0.2, 0) is 4.74 Å². The van der Waals surface area contributed by atoms with Crippen molar-refractivity contribution in [3.8, 4) is 10.4 Å². The van der Waals surface area contributed by atoms with Crippen molar-refractivity contribution in [1.82, 2.24) is 9.55 Å². The molecule has 0 radical (unpaired) electrons. The van der Waals surface area contributed by atoms with Crippen LogP contribution in [0.1, 0.15) is 48.5 Å². The Morgan fingerprint density at radius 3 is 2.70 bits per heavy atom. The molecule has 174 valence electrons. The SMILES string of the molecule is COC(=O)c1c(N2C[C@@H]3[C@H](CO)[C@@H]3C2)sc(-c2ccc3c(c2)ncn3C2CCCCC2)c1N. The zero-order valence-electron chi connectivity index (χ0n) is 18.9. The Kier molecular flexibility index (Phi) is 5.10. The number of fused-ring (bicyclic) bond motifs is 2. The highest BCUT2D eigenvalue weighted by molar-refractivity contribution is 7.20. The quantitative estimate of drug-likeness (QED) is 0.544. The highest BCUT2D eigenvalue weighted by Crippen LogP contribution is 2.55. The van der Waals surface area contributed by atoms with Crippen LogP contribution in [-0.4, -0.2) is 47.4 Å². The maximum atomic E-state index is 12.7. The van der Waals surface area contributed by atoms with Crippen LogP contribution in [0.25, 0.3) is 21.5 Å². The second kappa shape index (κ2) is 8.02. The third-order valence-electron chi connectivity index (χ3n) is 7.99. The number of hydrogen-bond donors (Lipinski definition) is 2. The Balaban J connectivity index is 1.36. The average molecular weight is 467 g/mol. The molecule has 3 aliphatic rings. The van der Waals surface area contributed by atoms with Gasteiger partial charge in [-0.2, -0.15) is 0 Å². The lowest BCUT2D eigenvalue weighted by atomic mass is 9.95. The number of esters is 1. The number of aliphatic hydroxyl groups is 1. The molecule has 1 saturated heterocycles. The van der Waals surface area contributed by atoms with E-state index in [1.54, 1.807) is 11.3 Å². The summed E-state index contributed by atoms with van der Waals surface area (Å²) in [6, 6.07) is 6.85. The van der Waals surface area contributed by atoms with E-state index in [0.29, 0.717) is 35.0 Å². The van der Waals surface area contributed by atoms with Gasteiger partial charge in [-0.05, 0) is 48.3 Å². The highest BCUT2D eigenvalue weighted by Gasteiger charge is 2.55. The predicted octanol–water partition coefficient (Wildman–Crippen LogP) is 4.31. The molecule has 1 aliphatic heterocycles. The largest absolute Gasteiger partial charge is 0.465 e. The normalized spacial score (nSPS) is 24.9. The van der Waals surface area contributed by atoms with Gasteiger partial charge in [-0.15, -0.1) is 11.3 Å². The number of rotatable bonds is 5. The monoisotopic (exact) mass is 466 g/mol. The minimum absolute atomic E-state index is 0.248. The molecule has 8 heteroatoms. The van der Waals surface area contributed by atoms with Gasteiger partial charge in [0.2, 0.25) is 0 Å². The lowest BCUT2D eigenvalue weighted by Crippen LogP contribution is -2.25. The van der Waals surface area contributed by atoms with Gasteiger partial charge < -0.3 is 25.0 Å². The molecule has 2 aliphatic carbocycles. The number of nitrogens with two attached hydrogens (primary N) is 1. The summed E-state index contributed by atoms with van der Waals surface area (Å²) < 4.78 is 7.42. The number of aliphatic hydroxyl groups excluding tert-OH is 1. The number of carbonyl (C=O) groups is 1. The molecule has 3 heterocycles. The van der Waals surface area contributed by atoms with Crippen molar-refractivity contribution in [1.29, 1.82) is 0 Å². The van der Waals surface area contributed by atoms with Gasteiger partial charge in [0.15, 0.2) is 0 Å². The van der Waals surface area contributed by atoms with Crippen LogP contribution in [0, 0.1) is 17.8 Å². The first-order valence-corrected chi connectivity index (χ1v) is 12.8. The van der Waals surface area contributed by atoms with Gasteiger partial charge in [-0.25, -0.2) is 9.78 Å². The lowest BCUT2D eigenvalue weighted by molar-refractivity contribution is 0.0603. The van der Waals surface area contributed by atoms with E-state index < -0.39 is 5.97 Å². The number of hydrogen-bond acceptors (Lipinski definition) is 7. The number of imidazole rings is 1. The van der Waals surface area contributed by atoms with E-state index in [4.69, 9.17) is 15.5 Å². The predicted molar refractivity (Wildman–Crippen MR) is 131 cm³/mol. The molecule has 0 spiro atoms. The molecule has 1 aromatic carbocycles. The maximum absolute atomic E-state index is 12.7. The Hall–Kier alpha value is -2.58. The van der Waals surface area contributed by atoms with Crippen LogP contribution in [0.15, 0.2) is 24.5 Å². The van der Waals surface area contributed by atoms with E-state index in [1.165, 1.54) is 39.2 Å². The second-order valence-corrected chi connectivity index (χ2v) is 10.7. The second-order valence-electron chi connectivity index (χ2n) is 9.74. The topological polar surface area (TPSA) is 93.6 Å². The number of aromatic nitrogens is 2. The third kappa shape index (κ3) is 3.34. The molecule has 0 unspecified atom stereocenters. The number of anilines is 2. The first kappa shape index (κ1) is 21.0. The molecule has 0 bridgehead atoms. The van der Waals surface area contributed by atoms with E-state index in [1.807, 2.05) is 6.33 Å². The molecule has 3 atom stereocenters. The van der Waals surface area contributed by atoms with Crippen LogP contribution in [0.2, 0.25) is 0 Å². The van der Waals surface area contributed by atoms with Crippen LogP contribution in [0.5, 0.6) is 0 Å². The fraction of sp³-hybridized carbons (Fsp3) is 0.520. The van der Waals surface area contributed by atoms with Crippen LogP contribution < -0.4 is 10.6 Å². The number of nitrogen functional groups attached to an aromatic ring is 1. The summed E-state index contributed by atoms with van der Waals surface area (Å²) in [5, 5.41) is 10.4. The number of benzene rings is 1. The molecule has 6 rings (SSSR count). The molecule has 3 fully saturated rings. The van der Waals surface area contributed by atoms with Crippen LogP contribution in [0.4, 0.5) is 10.7 Å². The number of piperidine rings is 1. The van der Waals surface area contributed by atoms with Crippen molar-refractivity contribution < 1.29 is 14.6 Å². The van der Waals surface area contributed by atoms with Crippen LogP contribution >= 0.6 is 11.3 Å². The summed E-state index contributed by atoms with van der Waals surface area (Å²) in [6.07, 6.45) is 8.29. The lowest BCUT2D eigenvalue weighted by Gasteiger charge is -2.23. The Morgan fingerprint density at radius 2 is 2.00 bits per heavy atom. The van der Waals surface area contributed by atoms with E-state index in [-0.39, 0.29) is 6.61 Å². The zero-order chi connectivity index (χ0) is 22.7. The first-order chi connectivity index (χ1) is 16.1. The highest BCUT2D eigenvalue weighted by atomic mass is 32.1. The number of thiophene rings is 1. The average Bonchev–Trinajstić information content (AvgIpc) is 3.22. The molecule has 2 aromatic heterocycles. The van der Waals surface area contributed by atoms with Crippen molar-refractivity contribution in [2.45, 2.75) is 38.1 Å². The van der Waals surface area contributed by atoms with Gasteiger partial charge in [-0.3, -0.25) is 0 Å². The Bertz CT molecular complexity index is 1200. The molecule has 0 amide bonds. The van der Waals surface area contributed by atoms with Crippen molar-refractivity contribution in [2.75, 3.05) is 37.4 Å². The first-order valence-electron chi connectivity index (χ1n) is 11.9. The summed E-state index contributed by atoms with van der Waals surface area (Å²) in [5.41, 5.74) is 10.6. The Morgan fingerprint density at radius 1 is 1.24 bits per heavy atom. The summed E-state index contributed by atoms with van der Waals surface area (Å²) in [6.45, 7) is 1.95.